The molecule has 0 aliphatic rings. The molecule has 1 atom stereocenters. The molecule has 0 saturated carbocycles. The van der Waals surface area contributed by atoms with Gasteiger partial charge in [-0.3, -0.25) is 0 Å². The maximum Gasteiger partial charge on any atom is 0.216 e. The molecule has 0 aliphatic carbocycles. The fourth-order valence-corrected chi connectivity index (χ4v) is 4.29. The molecule has 0 aromatic heterocycles. The van der Waals surface area contributed by atoms with Crippen molar-refractivity contribution in [3.8, 4) is 11.5 Å². The van der Waals surface area contributed by atoms with Crippen LogP contribution >= 0.6 is 7.92 Å². The lowest BCUT2D eigenvalue weighted by Gasteiger charge is -2.18. The number of ether oxygens (including phenoxy) is 3. The lowest BCUT2D eigenvalue weighted by molar-refractivity contribution is 0.0807. The summed E-state index contributed by atoms with van der Waals surface area (Å²) in [6.07, 6.45) is 6.04. The van der Waals surface area contributed by atoms with E-state index in [4.69, 9.17) is 14.2 Å². The van der Waals surface area contributed by atoms with Crippen molar-refractivity contribution in [1.82, 2.24) is 5.32 Å². The zero-order valence-electron chi connectivity index (χ0n) is 18.8. The zero-order valence-corrected chi connectivity index (χ0v) is 19.7. The molecular weight excluding hydrogens is 383 g/mol. The Bertz CT molecular complexity index is 687. The topological polar surface area (TPSA) is 52.1 Å². The molecule has 1 rings (SSSR count). The van der Waals surface area contributed by atoms with E-state index in [-0.39, 0.29) is 6.10 Å². The van der Waals surface area contributed by atoms with Crippen molar-refractivity contribution in [1.29, 1.82) is 0 Å². The molecule has 162 valence electrons. The lowest BCUT2D eigenvalue weighted by atomic mass is 10.2. The number of nitrogens with zero attached hydrogens (tertiary/aromatic N) is 1. The second-order valence-corrected chi connectivity index (χ2v) is 9.19. The van der Waals surface area contributed by atoms with E-state index in [1.165, 1.54) is 11.8 Å². The first-order valence-electron chi connectivity index (χ1n) is 10.1. The highest BCUT2D eigenvalue weighted by molar-refractivity contribution is 7.74. The van der Waals surface area contributed by atoms with Gasteiger partial charge in [0.1, 0.15) is 0 Å². The molecule has 0 fully saturated rings. The van der Waals surface area contributed by atoms with Crippen LogP contribution in [0.25, 0.3) is 0 Å². The average Bonchev–Trinajstić information content (AvgIpc) is 2.68. The van der Waals surface area contributed by atoms with Gasteiger partial charge in [0.2, 0.25) is 5.64 Å². The molecule has 29 heavy (non-hydrogen) atoms. The molecule has 1 N–H and O–H groups in total. The van der Waals surface area contributed by atoms with E-state index in [0.29, 0.717) is 23.7 Å². The van der Waals surface area contributed by atoms with Crippen LogP contribution in [-0.4, -0.2) is 44.8 Å². The molecule has 1 aromatic rings. The minimum Gasteiger partial charge on any atom is -0.493 e. The summed E-state index contributed by atoms with van der Waals surface area (Å²) in [7, 11) is 1.09. The van der Waals surface area contributed by atoms with Crippen LogP contribution in [0, 0.1) is 0 Å². The van der Waals surface area contributed by atoms with Crippen molar-refractivity contribution >= 4 is 13.6 Å². The summed E-state index contributed by atoms with van der Waals surface area (Å²) < 4.78 is 17.3. The molecule has 1 unspecified atom stereocenters. The van der Waals surface area contributed by atoms with E-state index in [1.54, 1.807) is 7.11 Å². The lowest BCUT2D eigenvalue weighted by Crippen LogP contribution is -2.21. The Hall–Kier alpha value is -1.68. The van der Waals surface area contributed by atoms with E-state index in [0.717, 1.165) is 31.2 Å². The van der Waals surface area contributed by atoms with Gasteiger partial charge >= 0.3 is 0 Å². The Morgan fingerprint density at radius 3 is 2.69 bits per heavy atom. The summed E-state index contributed by atoms with van der Waals surface area (Å²) >= 11 is 0. The maximum absolute atomic E-state index is 6.16. The Kier molecular flexibility index (Phi) is 12.5. The van der Waals surface area contributed by atoms with E-state index >= 15 is 0 Å². The van der Waals surface area contributed by atoms with Crippen LogP contribution in [0.3, 0.4) is 0 Å². The Morgan fingerprint density at radius 1 is 1.31 bits per heavy atom. The first kappa shape index (κ1) is 25.4. The number of aliphatic imine (C=N–C) groups is 1. The molecule has 5 nitrogen and oxygen atoms in total. The highest BCUT2D eigenvalue weighted by Gasteiger charge is 2.16. The third-order valence-corrected chi connectivity index (χ3v) is 5.89. The third-order valence-electron chi connectivity index (χ3n) is 4.06. The van der Waals surface area contributed by atoms with E-state index in [2.05, 4.69) is 43.5 Å². The van der Waals surface area contributed by atoms with Crippen molar-refractivity contribution in [3.05, 3.63) is 48.2 Å². The van der Waals surface area contributed by atoms with E-state index in [1.807, 2.05) is 32.0 Å². The quantitative estimate of drug-likeness (QED) is 0.149. The van der Waals surface area contributed by atoms with Crippen molar-refractivity contribution in [2.45, 2.75) is 46.8 Å². The van der Waals surface area contributed by atoms with Crippen LogP contribution in [0.15, 0.2) is 47.6 Å². The van der Waals surface area contributed by atoms with Crippen LogP contribution in [0.4, 0.5) is 0 Å². The first-order valence-corrected chi connectivity index (χ1v) is 12.1. The van der Waals surface area contributed by atoms with Gasteiger partial charge in [-0.25, -0.2) is 4.99 Å². The third kappa shape index (κ3) is 10.1. The minimum absolute atomic E-state index is 0.255. The van der Waals surface area contributed by atoms with Gasteiger partial charge in [0.05, 0.1) is 19.8 Å². The van der Waals surface area contributed by atoms with Crippen molar-refractivity contribution in [3.63, 3.8) is 0 Å². The van der Waals surface area contributed by atoms with Crippen LogP contribution < -0.4 is 14.8 Å². The van der Waals surface area contributed by atoms with Crippen LogP contribution in [0.2, 0.25) is 0 Å². The molecule has 0 bridgehead atoms. The monoisotopic (exact) mass is 420 g/mol. The van der Waals surface area contributed by atoms with E-state index < -0.39 is 7.92 Å². The molecule has 0 heterocycles. The van der Waals surface area contributed by atoms with Crippen molar-refractivity contribution in [2.24, 2.45) is 4.99 Å². The number of rotatable bonds is 13. The smallest absolute Gasteiger partial charge is 0.216 e. The molecule has 0 spiro atoms. The van der Waals surface area contributed by atoms with Gasteiger partial charge in [0.25, 0.3) is 0 Å². The summed E-state index contributed by atoms with van der Waals surface area (Å²) in [6, 6.07) is 5.98. The second kappa shape index (κ2) is 14.3. The molecular formula is C23H37N2O3P. The fourth-order valence-electron chi connectivity index (χ4n) is 2.74. The fraction of sp³-hybridized carbons (Fsp3) is 0.522. The van der Waals surface area contributed by atoms with Gasteiger partial charge in [0, 0.05) is 19.3 Å². The summed E-state index contributed by atoms with van der Waals surface area (Å²) in [5.74, 6) is 1.37. The van der Waals surface area contributed by atoms with Crippen LogP contribution in [0.1, 0.15) is 39.7 Å². The predicted octanol–water partition coefficient (Wildman–Crippen LogP) is 5.56. The van der Waals surface area contributed by atoms with Crippen LogP contribution in [0.5, 0.6) is 11.5 Å². The Morgan fingerprint density at radius 2 is 2.07 bits per heavy atom. The molecule has 0 radical (unpaired) electrons. The van der Waals surface area contributed by atoms with E-state index in [9.17, 15) is 0 Å². The number of allylic oxidation sites excluding steroid dienone is 2. The summed E-state index contributed by atoms with van der Waals surface area (Å²) in [4.78, 5) is 4.39. The molecule has 0 saturated heterocycles. The van der Waals surface area contributed by atoms with Crippen LogP contribution in [-0.2, 0) is 11.3 Å². The Balaban J connectivity index is 2.79. The molecule has 0 aliphatic heterocycles. The SMILES string of the molecule is C=CN=C(Oc1ccc(CNCCOC(C)C)cc1OC)P(C)C/C(C)=C\CC. The van der Waals surface area contributed by atoms with Gasteiger partial charge in [-0.05, 0) is 65.6 Å². The van der Waals surface area contributed by atoms with Crippen molar-refractivity contribution in [2.75, 3.05) is 33.1 Å². The molecule has 6 heteroatoms. The number of methoxy groups -OCH3 is 1. The summed E-state index contributed by atoms with van der Waals surface area (Å²) in [6.45, 7) is 16.5. The number of benzene rings is 1. The van der Waals surface area contributed by atoms with Gasteiger partial charge in [0.15, 0.2) is 11.5 Å². The maximum atomic E-state index is 6.16. The first-order chi connectivity index (χ1) is 13.9. The highest BCUT2D eigenvalue weighted by atomic mass is 31.1. The highest BCUT2D eigenvalue weighted by Crippen LogP contribution is 2.38. The van der Waals surface area contributed by atoms with Gasteiger partial charge in [-0.15, -0.1) is 0 Å². The van der Waals surface area contributed by atoms with Gasteiger partial charge < -0.3 is 19.5 Å². The molecule has 1 aromatic carbocycles. The number of nitrogens with one attached hydrogen (secondary N) is 1. The zero-order chi connectivity index (χ0) is 21.6. The predicted molar refractivity (Wildman–Crippen MR) is 126 cm³/mol. The largest absolute Gasteiger partial charge is 0.493 e. The molecule has 0 amide bonds. The van der Waals surface area contributed by atoms with Crippen molar-refractivity contribution < 1.29 is 14.2 Å². The Labute approximate surface area is 178 Å². The summed E-state index contributed by atoms with van der Waals surface area (Å²) in [5.41, 5.74) is 3.19. The van der Waals surface area contributed by atoms with Gasteiger partial charge in [-0.1, -0.05) is 31.2 Å². The standard InChI is InChI=1S/C23H37N2O3P/c1-8-10-19(5)17-29(7)23(25-9-2)28-21-12-11-20(15-22(21)26-6)16-24-13-14-27-18(3)4/h9-12,15,18,24H,2,8,13-14,16-17H2,1,3-7H3/b19-10-,25-23?. The minimum atomic E-state index is -0.562. The second-order valence-electron chi connectivity index (χ2n) is 7.09. The van der Waals surface area contributed by atoms with Gasteiger partial charge in [-0.2, -0.15) is 0 Å². The summed E-state index contributed by atoms with van der Waals surface area (Å²) in [5, 5.41) is 3.38. The number of hydrogen-bond acceptors (Lipinski definition) is 5. The average molecular weight is 421 g/mol. The number of hydrogen-bond donors (Lipinski definition) is 1. The normalized spacial score (nSPS) is 13.5.